The van der Waals surface area contributed by atoms with Crippen LogP contribution in [0.25, 0.3) is 0 Å². The van der Waals surface area contributed by atoms with Gasteiger partial charge in [0.15, 0.2) is 0 Å². The van der Waals surface area contributed by atoms with E-state index in [2.05, 4.69) is 41.2 Å². The molecule has 1 fully saturated rings. The maximum absolute atomic E-state index is 5.59. The number of benzene rings is 1. The largest absolute Gasteiger partial charge is 0.495 e. The lowest BCUT2D eigenvalue weighted by Gasteiger charge is -2.26. The van der Waals surface area contributed by atoms with Gasteiger partial charge in [0.05, 0.1) is 11.6 Å². The minimum atomic E-state index is 0.578. The van der Waals surface area contributed by atoms with Gasteiger partial charge in [0.1, 0.15) is 5.75 Å². The van der Waals surface area contributed by atoms with E-state index in [1.54, 1.807) is 7.11 Å². The van der Waals surface area contributed by atoms with Crippen molar-refractivity contribution >= 4 is 15.9 Å². The molecule has 1 aromatic carbocycles. The lowest BCUT2D eigenvalue weighted by molar-refractivity contribution is 0.389. The number of methoxy groups -OCH3 is 1. The Hall–Kier alpha value is -0.540. The van der Waals surface area contributed by atoms with E-state index in [4.69, 9.17) is 4.74 Å². The predicted octanol–water partition coefficient (Wildman–Crippen LogP) is 3.54. The fourth-order valence-electron chi connectivity index (χ4n) is 2.51. The normalized spacial score (nSPS) is 20.4. The van der Waals surface area contributed by atoms with E-state index < -0.39 is 0 Å². The molecule has 1 aromatic rings. The maximum atomic E-state index is 5.59. The third-order valence-corrected chi connectivity index (χ3v) is 4.65. The summed E-state index contributed by atoms with van der Waals surface area (Å²) in [5.41, 5.74) is 3.95. The molecule has 2 rings (SSSR count). The number of aryl methyl sites for hydroxylation is 1. The highest BCUT2D eigenvalue weighted by atomic mass is 79.9. The summed E-state index contributed by atoms with van der Waals surface area (Å²) < 4.78 is 6.70. The van der Waals surface area contributed by atoms with Crippen LogP contribution in [0.3, 0.4) is 0 Å². The van der Waals surface area contributed by atoms with Gasteiger partial charge in [-0.3, -0.25) is 0 Å². The van der Waals surface area contributed by atoms with E-state index >= 15 is 0 Å². The minimum absolute atomic E-state index is 0.578. The van der Waals surface area contributed by atoms with Gasteiger partial charge in [-0.2, -0.15) is 0 Å². The summed E-state index contributed by atoms with van der Waals surface area (Å²) in [7, 11) is 1.76. The molecule has 1 N–H and O–H groups in total. The van der Waals surface area contributed by atoms with Crippen molar-refractivity contribution in [1.82, 2.24) is 5.32 Å². The molecular formula is C14H20BrNO. The smallest absolute Gasteiger partial charge is 0.136 e. The molecule has 1 unspecified atom stereocenters. The molecule has 2 nitrogen and oxygen atoms in total. The fraction of sp³-hybridized carbons (Fsp3) is 0.571. The average Bonchev–Trinajstić information content (AvgIpc) is 2.36. The van der Waals surface area contributed by atoms with Crippen LogP contribution in [-0.4, -0.2) is 20.2 Å². The Morgan fingerprint density at radius 2 is 2.18 bits per heavy atom. The van der Waals surface area contributed by atoms with E-state index in [0.717, 1.165) is 23.3 Å². The second-order valence-electron chi connectivity index (χ2n) is 4.80. The van der Waals surface area contributed by atoms with Crippen molar-refractivity contribution in [3.63, 3.8) is 0 Å². The SMILES string of the molecule is COc1c(C2CCCNC2)cc(C)c(C)c1Br. The standard InChI is InChI=1S/C14H20BrNO/c1-9-7-12(11-5-4-6-16-8-11)14(17-3)13(15)10(9)2/h7,11,16H,4-6,8H2,1-3H3. The third-order valence-electron chi connectivity index (χ3n) is 3.70. The summed E-state index contributed by atoms with van der Waals surface area (Å²) in [6.45, 7) is 6.50. The van der Waals surface area contributed by atoms with Gasteiger partial charge >= 0.3 is 0 Å². The summed E-state index contributed by atoms with van der Waals surface area (Å²) in [6, 6.07) is 2.29. The Morgan fingerprint density at radius 1 is 1.41 bits per heavy atom. The topological polar surface area (TPSA) is 21.3 Å². The zero-order valence-corrected chi connectivity index (χ0v) is 12.4. The van der Waals surface area contributed by atoms with Gasteiger partial charge in [0, 0.05) is 12.5 Å². The van der Waals surface area contributed by atoms with Gasteiger partial charge in [-0.25, -0.2) is 0 Å². The van der Waals surface area contributed by atoms with E-state index in [1.165, 1.54) is 29.5 Å². The molecule has 1 aliphatic rings. The van der Waals surface area contributed by atoms with Crippen molar-refractivity contribution in [3.8, 4) is 5.75 Å². The summed E-state index contributed by atoms with van der Waals surface area (Å²) in [4.78, 5) is 0. The van der Waals surface area contributed by atoms with Crippen LogP contribution in [0.5, 0.6) is 5.75 Å². The molecule has 1 heterocycles. The Balaban J connectivity index is 2.44. The lowest BCUT2D eigenvalue weighted by atomic mass is 9.89. The molecule has 94 valence electrons. The van der Waals surface area contributed by atoms with E-state index in [-0.39, 0.29) is 0 Å². The van der Waals surface area contributed by atoms with E-state index in [9.17, 15) is 0 Å². The highest BCUT2D eigenvalue weighted by molar-refractivity contribution is 9.10. The number of halogens is 1. The van der Waals surface area contributed by atoms with Gasteiger partial charge < -0.3 is 10.1 Å². The molecule has 1 atom stereocenters. The number of hydrogen-bond acceptors (Lipinski definition) is 2. The monoisotopic (exact) mass is 297 g/mol. The van der Waals surface area contributed by atoms with Crippen LogP contribution in [0, 0.1) is 13.8 Å². The number of ether oxygens (including phenoxy) is 1. The zero-order valence-electron chi connectivity index (χ0n) is 10.8. The molecule has 0 amide bonds. The zero-order chi connectivity index (χ0) is 12.4. The molecule has 1 aliphatic heterocycles. The molecule has 3 heteroatoms. The van der Waals surface area contributed by atoms with Gasteiger partial charge in [-0.05, 0) is 65.9 Å². The predicted molar refractivity (Wildman–Crippen MR) is 75.0 cm³/mol. The first-order chi connectivity index (χ1) is 8.15. The molecule has 0 spiro atoms. The van der Waals surface area contributed by atoms with Gasteiger partial charge in [-0.15, -0.1) is 0 Å². The van der Waals surface area contributed by atoms with E-state index in [0.29, 0.717) is 5.92 Å². The Kier molecular flexibility index (Phi) is 4.10. The minimum Gasteiger partial charge on any atom is -0.495 e. The maximum Gasteiger partial charge on any atom is 0.136 e. The highest BCUT2D eigenvalue weighted by Crippen LogP contribution is 2.39. The van der Waals surface area contributed by atoms with E-state index in [1.807, 2.05) is 0 Å². The van der Waals surface area contributed by atoms with Crippen molar-refractivity contribution < 1.29 is 4.74 Å². The van der Waals surface area contributed by atoms with Crippen LogP contribution in [0.1, 0.15) is 35.4 Å². The molecular weight excluding hydrogens is 278 g/mol. The Morgan fingerprint density at radius 3 is 2.76 bits per heavy atom. The van der Waals surface area contributed by atoms with Crippen LogP contribution in [0.4, 0.5) is 0 Å². The number of piperidine rings is 1. The van der Waals surface area contributed by atoms with Crippen LogP contribution in [0.15, 0.2) is 10.5 Å². The lowest BCUT2D eigenvalue weighted by Crippen LogP contribution is -2.28. The molecule has 1 saturated heterocycles. The van der Waals surface area contributed by atoms with Crippen molar-refractivity contribution in [2.75, 3.05) is 20.2 Å². The molecule has 0 saturated carbocycles. The van der Waals surface area contributed by atoms with Crippen LogP contribution >= 0.6 is 15.9 Å². The first kappa shape index (κ1) is 12.9. The average molecular weight is 298 g/mol. The molecule has 0 aromatic heterocycles. The second-order valence-corrected chi connectivity index (χ2v) is 5.59. The number of hydrogen-bond donors (Lipinski definition) is 1. The molecule has 0 aliphatic carbocycles. The van der Waals surface area contributed by atoms with Gasteiger partial charge in [0.25, 0.3) is 0 Å². The third kappa shape index (κ3) is 2.50. The van der Waals surface area contributed by atoms with Gasteiger partial charge in [0.2, 0.25) is 0 Å². The second kappa shape index (κ2) is 5.40. The summed E-state index contributed by atoms with van der Waals surface area (Å²) in [6.07, 6.45) is 2.50. The first-order valence-electron chi connectivity index (χ1n) is 6.19. The van der Waals surface area contributed by atoms with Crippen molar-refractivity contribution in [2.24, 2.45) is 0 Å². The molecule has 0 radical (unpaired) electrons. The van der Waals surface area contributed by atoms with Crippen LogP contribution in [-0.2, 0) is 0 Å². The van der Waals surface area contributed by atoms with Crippen LogP contribution in [0.2, 0.25) is 0 Å². The van der Waals surface area contributed by atoms with Crippen molar-refractivity contribution in [1.29, 1.82) is 0 Å². The van der Waals surface area contributed by atoms with Crippen molar-refractivity contribution in [2.45, 2.75) is 32.6 Å². The summed E-state index contributed by atoms with van der Waals surface area (Å²) in [5, 5.41) is 3.47. The number of nitrogens with one attached hydrogen (secondary N) is 1. The Labute approximate surface area is 112 Å². The van der Waals surface area contributed by atoms with Gasteiger partial charge in [-0.1, -0.05) is 6.07 Å². The quantitative estimate of drug-likeness (QED) is 0.901. The first-order valence-corrected chi connectivity index (χ1v) is 6.98. The van der Waals surface area contributed by atoms with Crippen molar-refractivity contribution in [3.05, 3.63) is 27.2 Å². The fourth-order valence-corrected chi connectivity index (χ4v) is 3.21. The Bertz CT molecular complexity index is 411. The van der Waals surface area contributed by atoms with Crippen LogP contribution < -0.4 is 10.1 Å². The summed E-state index contributed by atoms with van der Waals surface area (Å²) in [5.74, 6) is 1.59. The number of rotatable bonds is 2. The molecule has 17 heavy (non-hydrogen) atoms. The highest BCUT2D eigenvalue weighted by Gasteiger charge is 2.22. The molecule has 0 bridgehead atoms. The summed E-state index contributed by atoms with van der Waals surface area (Å²) >= 11 is 3.66.